The van der Waals surface area contributed by atoms with Crippen molar-refractivity contribution in [3.05, 3.63) is 45.8 Å². The Morgan fingerprint density at radius 3 is 2.94 bits per heavy atom. The van der Waals surface area contributed by atoms with E-state index >= 15 is 0 Å². The molecule has 0 aliphatic heterocycles. The van der Waals surface area contributed by atoms with Gasteiger partial charge < -0.3 is 10.1 Å². The molecule has 1 aromatic heterocycles. The molecule has 0 saturated carbocycles. The van der Waals surface area contributed by atoms with Gasteiger partial charge in [-0.3, -0.25) is 4.98 Å². The van der Waals surface area contributed by atoms with Crippen molar-refractivity contribution in [3.8, 4) is 11.6 Å². The first-order valence-electron chi connectivity index (χ1n) is 5.27. The standard InChI is InChI=1S/C12H11BrClN3O/c1-15-5-9-6-16-7-12(17-9)18-11-3-2-8(14)4-10(11)13/h2-4,6-7,15H,5H2,1H3. The van der Waals surface area contributed by atoms with Gasteiger partial charge in [0.15, 0.2) is 0 Å². The van der Waals surface area contributed by atoms with Crippen LogP contribution in [-0.4, -0.2) is 17.0 Å². The quantitative estimate of drug-likeness (QED) is 0.934. The van der Waals surface area contributed by atoms with Crippen LogP contribution in [-0.2, 0) is 6.54 Å². The molecule has 1 aromatic carbocycles. The second kappa shape index (κ2) is 6.13. The third-order valence-electron chi connectivity index (χ3n) is 2.13. The maximum atomic E-state index is 5.86. The molecule has 0 fully saturated rings. The van der Waals surface area contributed by atoms with Crippen LogP contribution in [0.4, 0.5) is 0 Å². The van der Waals surface area contributed by atoms with Crippen molar-refractivity contribution in [2.45, 2.75) is 6.54 Å². The summed E-state index contributed by atoms with van der Waals surface area (Å²) in [5.41, 5.74) is 0.820. The van der Waals surface area contributed by atoms with Gasteiger partial charge in [0.25, 0.3) is 0 Å². The predicted molar refractivity (Wildman–Crippen MR) is 74.0 cm³/mol. The summed E-state index contributed by atoms with van der Waals surface area (Å²) in [6, 6.07) is 5.30. The summed E-state index contributed by atoms with van der Waals surface area (Å²) in [5.74, 6) is 1.10. The van der Waals surface area contributed by atoms with Gasteiger partial charge in [-0.2, -0.15) is 0 Å². The third kappa shape index (κ3) is 3.41. The highest BCUT2D eigenvalue weighted by Gasteiger charge is 2.05. The van der Waals surface area contributed by atoms with Crippen LogP contribution in [0.2, 0.25) is 5.02 Å². The van der Waals surface area contributed by atoms with Crippen molar-refractivity contribution >= 4 is 27.5 Å². The Kier molecular flexibility index (Phi) is 4.52. The minimum atomic E-state index is 0.450. The summed E-state index contributed by atoms with van der Waals surface area (Å²) in [7, 11) is 1.85. The van der Waals surface area contributed by atoms with Crippen LogP contribution in [0.15, 0.2) is 35.1 Å². The lowest BCUT2D eigenvalue weighted by Gasteiger charge is -2.07. The maximum Gasteiger partial charge on any atom is 0.238 e. The van der Waals surface area contributed by atoms with Crippen LogP contribution < -0.4 is 10.1 Å². The summed E-state index contributed by atoms with van der Waals surface area (Å²) < 4.78 is 6.42. The molecule has 0 atom stereocenters. The fourth-order valence-electron chi connectivity index (χ4n) is 1.37. The number of halogens is 2. The molecule has 0 amide bonds. The predicted octanol–water partition coefficient (Wildman–Crippen LogP) is 3.40. The number of rotatable bonds is 4. The van der Waals surface area contributed by atoms with Gasteiger partial charge in [-0.15, -0.1) is 0 Å². The highest BCUT2D eigenvalue weighted by atomic mass is 79.9. The van der Waals surface area contributed by atoms with Gasteiger partial charge in [-0.05, 0) is 41.2 Å². The molecule has 0 aliphatic rings. The van der Waals surface area contributed by atoms with Crippen molar-refractivity contribution in [2.24, 2.45) is 0 Å². The summed E-state index contributed by atoms with van der Waals surface area (Å²) in [6.45, 7) is 0.645. The SMILES string of the molecule is CNCc1cncc(Oc2ccc(Cl)cc2Br)n1. The van der Waals surface area contributed by atoms with Gasteiger partial charge in [-0.1, -0.05) is 11.6 Å². The van der Waals surface area contributed by atoms with Gasteiger partial charge in [0.05, 0.1) is 16.4 Å². The number of benzene rings is 1. The van der Waals surface area contributed by atoms with Crippen molar-refractivity contribution < 1.29 is 4.74 Å². The second-order valence-electron chi connectivity index (χ2n) is 3.56. The number of hydrogen-bond acceptors (Lipinski definition) is 4. The molecule has 2 aromatic rings. The first kappa shape index (κ1) is 13.3. The van der Waals surface area contributed by atoms with Crippen molar-refractivity contribution in [2.75, 3.05) is 7.05 Å². The average Bonchev–Trinajstić information content (AvgIpc) is 2.34. The zero-order valence-electron chi connectivity index (χ0n) is 9.65. The number of ether oxygens (including phenoxy) is 1. The largest absolute Gasteiger partial charge is 0.436 e. The monoisotopic (exact) mass is 327 g/mol. The normalized spacial score (nSPS) is 10.4. The molecule has 0 aliphatic carbocycles. The highest BCUT2D eigenvalue weighted by molar-refractivity contribution is 9.10. The average molecular weight is 329 g/mol. The smallest absolute Gasteiger partial charge is 0.238 e. The van der Waals surface area contributed by atoms with E-state index in [0.717, 1.165) is 10.2 Å². The van der Waals surface area contributed by atoms with Crippen molar-refractivity contribution in [1.29, 1.82) is 0 Å². The van der Waals surface area contributed by atoms with Gasteiger partial charge in [0.2, 0.25) is 5.88 Å². The molecule has 1 heterocycles. The van der Waals surface area contributed by atoms with Crippen LogP contribution in [0.3, 0.4) is 0 Å². The summed E-state index contributed by atoms with van der Waals surface area (Å²) >= 11 is 9.25. The van der Waals surface area contributed by atoms with Crippen molar-refractivity contribution in [1.82, 2.24) is 15.3 Å². The topological polar surface area (TPSA) is 47.0 Å². The lowest BCUT2D eigenvalue weighted by Crippen LogP contribution is -2.07. The molecule has 6 heteroatoms. The molecule has 0 radical (unpaired) electrons. The molecule has 94 valence electrons. The fourth-order valence-corrected chi connectivity index (χ4v) is 2.14. The van der Waals surface area contributed by atoms with Crippen LogP contribution in [0.5, 0.6) is 11.6 Å². The number of hydrogen-bond donors (Lipinski definition) is 1. The Morgan fingerprint density at radius 2 is 2.22 bits per heavy atom. The third-order valence-corrected chi connectivity index (χ3v) is 2.98. The summed E-state index contributed by atoms with van der Waals surface area (Å²) in [4.78, 5) is 8.40. The lowest BCUT2D eigenvalue weighted by molar-refractivity contribution is 0.454. The van der Waals surface area contributed by atoms with Crippen LogP contribution in [0.1, 0.15) is 5.69 Å². The Bertz CT molecular complexity index is 551. The van der Waals surface area contributed by atoms with Gasteiger partial charge >= 0.3 is 0 Å². The Labute approximate surface area is 118 Å². The molecular weight excluding hydrogens is 318 g/mol. The maximum absolute atomic E-state index is 5.86. The van der Waals surface area contributed by atoms with E-state index in [4.69, 9.17) is 16.3 Å². The van der Waals surface area contributed by atoms with E-state index in [9.17, 15) is 0 Å². The van der Waals surface area contributed by atoms with Gasteiger partial charge in [-0.25, -0.2) is 4.98 Å². The first-order valence-corrected chi connectivity index (χ1v) is 6.44. The first-order chi connectivity index (χ1) is 8.69. The molecule has 4 nitrogen and oxygen atoms in total. The van der Waals surface area contributed by atoms with E-state index in [1.165, 1.54) is 0 Å². The zero-order valence-corrected chi connectivity index (χ0v) is 12.0. The fraction of sp³-hybridized carbons (Fsp3) is 0.167. The van der Waals surface area contributed by atoms with E-state index in [1.807, 2.05) is 7.05 Å². The van der Waals surface area contributed by atoms with E-state index in [0.29, 0.717) is 23.2 Å². The second-order valence-corrected chi connectivity index (χ2v) is 4.85. The van der Waals surface area contributed by atoms with Gasteiger partial charge in [0, 0.05) is 17.8 Å². The minimum absolute atomic E-state index is 0.450. The molecule has 18 heavy (non-hydrogen) atoms. The minimum Gasteiger partial charge on any atom is -0.436 e. The summed E-state index contributed by atoms with van der Waals surface area (Å²) in [6.07, 6.45) is 3.26. The Hall–Kier alpha value is -1.17. The Morgan fingerprint density at radius 1 is 1.39 bits per heavy atom. The van der Waals surface area contributed by atoms with E-state index in [1.54, 1.807) is 30.6 Å². The number of aromatic nitrogens is 2. The van der Waals surface area contributed by atoms with E-state index in [-0.39, 0.29) is 0 Å². The molecule has 0 bridgehead atoms. The number of nitrogens with zero attached hydrogens (tertiary/aromatic N) is 2. The summed E-state index contributed by atoms with van der Waals surface area (Å²) in [5, 5.41) is 3.65. The lowest BCUT2D eigenvalue weighted by atomic mass is 10.3. The highest BCUT2D eigenvalue weighted by Crippen LogP contribution is 2.30. The Balaban J connectivity index is 2.20. The van der Waals surface area contributed by atoms with E-state index in [2.05, 4.69) is 31.2 Å². The van der Waals surface area contributed by atoms with Crippen LogP contribution in [0.25, 0.3) is 0 Å². The van der Waals surface area contributed by atoms with Crippen molar-refractivity contribution in [3.63, 3.8) is 0 Å². The zero-order chi connectivity index (χ0) is 13.0. The van der Waals surface area contributed by atoms with Crippen LogP contribution in [0, 0.1) is 0 Å². The number of nitrogens with one attached hydrogen (secondary N) is 1. The molecular formula is C12H11BrClN3O. The van der Waals surface area contributed by atoms with Crippen LogP contribution >= 0.6 is 27.5 Å². The molecule has 0 spiro atoms. The molecule has 2 rings (SSSR count). The van der Waals surface area contributed by atoms with E-state index < -0.39 is 0 Å². The molecule has 0 saturated heterocycles. The molecule has 1 N–H and O–H groups in total. The van der Waals surface area contributed by atoms with Gasteiger partial charge in [0.1, 0.15) is 5.75 Å². The molecule has 0 unspecified atom stereocenters.